The van der Waals surface area contributed by atoms with Crippen LogP contribution in [0.2, 0.25) is 0 Å². The molecule has 1 fully saturated rings. The van der Waals surface area contributed by atoms with Gasteiger partial charge in [0.25, 0.3) is 0 Å². The second kappa shape index (κ2) is 9.64. The molecule has 166 valence electrons. The molecule has 0 unspecified atom stereocenters. The van der Waals surface area contributed by atoms with Crippen LogP contribution in [-0.2, 0) is 9.59 Å². The molecule has 3 aromatic rings. The fourth-order valence-electron chi connectivity index (χ4n) is 4.07. The summed E-state index contributed by atoms with van der Waals surface area (Å²) < 4.78 is 0. The summed E-state index contributed by atoms with van der Waals surface area (Å²) in [4.78, 5) is 45.8. The molecule has 0 spiro atoms. The molecule has 0 atom stereocenters. The third-order valence-corrected chi connectivity index (χ3v) is 5.89. The van der Waals surface area contributed by atoms with Crippen molar-refractivity contribution in [3.63, 3.8) is 0 Å². The summed E-state index contributed by atoms with van der Waals surface area (Å²) >= 11 is 0. The number of hydrogen-bond acceptors (Lipinski definition) is 4. The third-order valence-electron chi connectivity index (χ3n) is 5.89. The van der Waals surface area contributed by atoms with E-state index in [0.717, 1.165) is 29.7 Å². The number of primary amides is 1. The van der Waals surface area contributed by atoms with Crippen molar-refractivity contribution in [3.05, 3.63) is 59.9 Å². The van der Waals surface area contributed by atoms with Crippen LogP contribution in [0.4, 0.5) is 5.69 Å². The predicted molar refractivity (Wildman–Crippen MR) is 122 cm³/mol. The second-order valence-electron chi connectivity index (χ2n) is 8.14. The molecular formula is C24H27N5O3. The van der Waals surface area contributed by atoms with Gasteiger partial charge < -0.3 is 20.9 Å². The number of fused-ring (bicyclic) bond motifs is 1. The number of H-pyrrole nitrogens is 1. The lowest BCUT2D eigenvalue weighted by Crippen LogP contribution is -2.38. The van der Waals surface area contributed by atoms with Crippen molar-refractivity contribution < 1.29 is 14.4 Å². The number of nitrogens with two attached hydrogens (primary N) is 1. The Labute approximate surface area is 186 Å². The standard InChI is InChI=1S/C24H27N5O3/c25-23(32)16-8-10-18(11-9-16)26-21(30)6-3-7-22(31)29-14-12-17(13-15-29)24-27-19-4-1-2-5-20(19)28-24/h1-2,4-5,8-11,17H,3,6-7,12-15H2,(H2,25,32)(H,26,30)(H,27,28). The highest BCUT2D eigenvalue weighted by molar-refractivity contribution is 5.94. The fraction of sp³-hybridized carbons (Fsp3) is 0.333. The number of hydrogen-bond donors (Lipinski definition) is 3. The topological polar surface area (TPSA) is 121 Å². The van der Waals surface area contributed by atoms with Gasteiger partial charge >= 0.3 is 0 Å². The molecule has 4 N–H and O–H groups in total. The van der Waals surface area contributed by atoms with Crippen LogP contribution in [0, 0.1) is 0 Å². The van der Waals surface area contributed by atoms with E-state index in [4.69, 9.17) is 10.7 Å². The molecule has 4 rings (SSSR count). The maximum absolute atomic E-state index is 12.6. The molecule has 1 aromatic heterocycles. The Kier molecular flexibility index (Phi) is 6.49. The molecule has 1 aliphatic rings. The molecule has 2 heterocycles. The molecule has 2 aromatic carbocycles. The van der Waals surface area contributed by atoms with E-state index in [1.807, 2.05) is 29.2 Å². The number of anilines is 1. The van der Waals surface area contributed by atoms with Crippen molar-refractivity contribution in [1.29, 1.82) is 0 Å². The van der Waals surface area contributed by atoms with Gasteiger partial charge in [-0.3, -0.25) is 14.4 Å². The molecule has 0 saturated carbocycles. The zero-order valence-corrected chi connectivity index (χ0v) is 17.8. The quantitative estimate of drug-likeness (QED) is 0.530. The summed E-state index contributed by atoms with van der Waals surface area (Å²) in [6.07, 6.45) is 2.87. The Morgan fingerprint density at radius 1 is 1.03 bits per heavy atom. The second-order valence-corrected chi connectivity index (χ2v) is 8.14. The highest BCUT2D eigenvalue weighted by atomic mass is 16.2. The van der Waals surface area contributed by atoms with Gasteiger partial charge in [-0.15, -0.1) is 0 Å². The number of carbonyl (C=O) groups is 3. The van der Waals surface area contributed by atoms with Gasteiger partial charge in [-0.05, 0) is 55.7 Å². The van der Waals surface area contributed by atoms with Crippen LogP contribution in [0.5, 0.6) is 0 Å². The number of amides is 3. The normalized spacial score (nSPS) is 14.4. The maximum atomic E-state index is 12.6. The van der Waals surface area contributed by atoms with Crippen molar-refractivity contribution in [3.8, 4) is 0 Å². The number of aromatic nitrogens is 2. The highest BCUT2D eigenvalue weighted by Gasteiger charge is 2.25. The van der Waals surface area contributed by atoms with E-state index < -0.39 is 5.91 Å². The number of carbonyl (C=O) groups excluding carboxylic acids is 3. The van der Waals surface area contributed by atoms with Crippen LogP contribution < -0.4 is 11.1 Å². The van der Waals surface area contributed by atoms with E-state index in [9.17, 15) is 14.4 Å². The first-order chi connectivity index (χ1) is 15.5. The molecule has 0 radical (unpaired) electrons. The van der Waals surface area contributed by atoms with Gasteiger partial charge in [0.2, 0.25) is 17.7 Å². The number of para-hydroxylation sites is 2. The number of imidazole rings is 1. The Bertz CT molecular complexity index is 1080. The maximum Gasteiger partial charge on any atom is 0.248 e. The molecule has 8 heteroatoms. The average Bonchev–Trinajstić information content (AvgIpc) is 3.24. The number of nitrogens with zero attached hydrogens (tertiary/aromatic N) is 2. The smallest absolute Gasteiger partial charge is 0.248 e. The van der Waals surface area contributed by atoms with Gasteiger partial charge in [0.15, 0.2) is 0 Å². The molecule has 32 heavy (non-hydrogen) atoms. The summed E-state index contributed by atoms with van der Waals surface area (Å²) in [6, 6.07) is 14.4. The minimum absolute atomic E-state index is 0.0895. The number of rotatable bonds is 7. The Morgan fingerprint density at radius 3 is 2.44 bits per heavy atom. The van der Waals surface area contributed by atoms with Crippen LogP contribution in [0.25, 0.3) is 11.0 Å². The van der Waals surface area contributed by atoms with E-state index in [1.165, 1.54) is 0 Å². The minimum Gasteiger partial charge on any atom is -0.366 e. The average molecular weight is 434 g/mol. The molecule has 1 saturated heterocycles. The minimum atomic E-state index is -0.511. The van der Waals surface area contributed by atoms with Gasteiger partial charge in [-0.25, -0.2) is 4.98 Å². The summed E-state index contributed by atoms with van der Waals surface area (Å²) in [7, 11) is 0. The van der Waals surface area contributed by atoms with Gasteiger partial charge in [0, 0.05) is 43.1 Å². The Balaban J connectivity index is 1.18. The van der Waals surface area contributed by atoms with E-state index >= 15 is 0 Å². The molecule has 3 amide bonds. The van der Waals surface area contributed by atoms with Crippen molar-refractivity contribution in [1.82, 2.24) is 14.9 Å². The number of nitrogens with one attached hydrogen (secondary N) is 2. The first kappa shape index (κ1) is 21.5. The van der Waals surface area contributed by atoms with Crippen molar-refractivity contribution in [2.75, 3.05) is 18.4 Å². The first-order valence-corrected chi connectivity index (χ1v) is 10.9. The number of benzene rings is 2. The summed E-state index contributed by atoms with van der Waals surface area (Å²) in [5.41, 5.74) is 8.21. The monoisotopic (exact) mass is 433 g/mol. The molecule has 0 aliphatic carbocycles. The van der Waals surface area contributed by atoms with Crippen LogP contribution in [0.15, 0.2) is 48.5 Å². The fourth-order valence-corrected chi connectivity index (χ4v) is 4.07. The summed E-state index contributed by atoms with van der Waals surface area (Å²) in [5.74, 6) is 0.750. The van der Waals surface area contributed by atoms with Gasteiger partial charge in [-0.1, -0.05) is 12.1 Å². The summed E-state index contributed by atoms with van der Waals surface area (Å²) in [5, 5.41) is 2.77. The van der Waals surface area contributed by atoms with E-state index in [1.54, 1.807) is 24.3 Å². The number of likely N-dealkylation sites (tertiary alicyclic amines) is 1. The van der Waals surface area contributed by atoms with E-state index in [0.29, 0.717) is 43.1 Å². The van der Waals surface area contributed by atoms with Crippen molar-refractivity contribution >= 4 is 34.4 Å². The lowest BCUT2D eigenvalue weighted by Gasteiger charge is -2.31. The van der Waals surface area contributed by atoms with Gasteiger partial charge in [0.1, 0.15) is 5.82 Å². The molecule has 0 bridgehead atoms. The Morgan fingerprint density at radius 2 is 1.75 bits per heavy atom. The number of piperidine rings is 1. The lowest BCUT2D eigenvalue weighted by molar-refractivity contribution is -0.132. The first-order valence-electron chi connectivity index (χ1n) is 10.9. The summed E-state index contributed by atoms with van der Waals surface area (Å²) in [6.45, 7) is 1.41. The van der Waals surface area contributed by atoms with Crippen LogP contribution in [0.1, 0.15) is 54.2 Å². The zero-order chi connectivity index (χ0) is 22.5. The van der Waals surface area contributed by atoms with Crippen LogP contribution >= 0.6 is 0 Å². The van der Waals surface area contributed by atoms with Crippen molar-refractivity contribution in [2.45, 2.75) is 38.0 Å². The van der Waals surface area contributed by atoms with Crippen molar-refractivity contribution in [2.24, 2.45) is 5.73 Å². The predicted octanol–water partition coefficient (Wildman–Crippen LogP) is 3.18. The molecule has 8 nitrogen and oxygen atoms in total. The largest absolute Gasteiger partial charge is 0.366 e. The molecular weight excluding hydrogens is 406 g/mol. The highest BCUT2D eigenvalue weighted by Crippen LogP contribution is 2.28. The number of aromatic amines is 1. The van der Waals surface area contributed by atoms with E-state index in [2.05, 4.69) is 10.3 Å². The van der Waals surface area contributed by atoms with Gasteiger partial charge in [-0.2, -0.15) is 0 Å². The Hall–Kier alpha value is -3.68. The lowest BCUT2D eigenvalue weighted by atomic mass is 9.96. The third kappa shape index (κ3) is 5.14. The SMILES string of the molecule is NC(=O)c1ccc(NC(=O)CCCC(=O)N2CCC(c3nc4ccccc4[nH]3)CC2)cc1. The van der Waals surface area contributed by atoms with E-state index in [-0.39, 0.29) is 18.2 Å². The van der Waals surface area contributed by atoms with Crippen LogP contribution in [-0.4, -0.2) is 45.7 Å². The van der Waals surface area contributed by atoms with Gasteiger partial charge in [0.05, 0.1) is 11.0 Å². The zero-order valence-electron chi connectivity index (χ0n) is 17.8. The molecule has 1 aliphatic heterocycles. The van der Waals surface area contributed by atoms with Crippen LogP contribution in [0.3, 0.4) is 0 Å².